The number of H-pyrrole nitrogens is 1. The zero-order valence-electron chi connectivity index (χ0n) is 16.8. The van der Waals surface area contributed by atoms with Crippen LogP contribution in [0.15, 0.2) is 47.7 Å². The third-order valence-electron chi connectivity index (χ3n) is 5.66. The lowest BCUT2D eigenvalue weighted by Gasteiger charge is -2.26. The quantitative estimate of drug-likeness (QED) is 0.571. The SMILES string of the molecule is C=C(NCc1cc2cc(C)c(CCC3=NCC=C3)cc2[nH]1)NC1CCCNC1. The summed E-state index contributed by atoms with van der Waals surface area (Å²) in [7, 11) is 0. The molecule has 5 heteroatoms. The molecule has 5 nitrogen and oxygen atoms in total. The van der Waals surface area contributed by atoms with Gasteiger partial charge in [-0.05, 0) is 79.9 Å². The van der Waals surface area contributed by atoms with E-state index in [1.54, 1.807) is 0 Å². The molecule has 0 aliphatic carbocycles. The Morgan fingerprint density at radius 3 is 3.00 bits per heavy atom. The highest BCUT2D eigenvalue weighted by molar-refractivity contribution is 5.96. The average Bonchev–Trinajstić information content (AvgIpc) is 3.34. The Labute approximate surface area is 167 Å². The van der Waals surface area contributed by atoms with Gasteiger partial charge in [-0.2, -0.15) is 0 Å². The maximum atomic E-state index is 4.50. The molecule has 1 aromatic heterocycles. The van der Waals surface area contributed by atoms with Crippen LogP contribution in [0, 0.1) is 6.92 Å². The Balaban J connectivity index is 1.35. The lowest BCUT2D eigenvalue weighted by atomic mass is 10.0. The smallest absolute Gasteiger partial charge is 0.0918 e. The molecular formula is C23H31N5. The number of hydrogen-bond donors (Lipinski definition) is 4. The number of nitrogens with one attached hydrogen (secondary N) is 4. The first kappa shape index (κ1) is 18.8. The van der Waals surface area contributed by atoms with Crippen molar-refractivity contribution >= 4 is 16.6 Å². The van der Waals surface area contributed by atoms with Gasteiger partial charge >= 0.3 is 0 Å². The number of aromatic amines is 1. The molecule has 0 saturated carbocycles. The van der Waals surface area contributed by atoms with Crippen molar-refractivity contribution in [2.75, 3.05) is 19.6 Å². The fourth-order valence-corrected chi connectivity index (χ4v) is 4.08. The molecule has 2 aliphatic rings. The zero-order valence-corrected chi connectivity index (χ0v) is 16.8. The first-order chi connectivity index (χ1) is 13.7. The number of benzene rings is 1. The van der Waals surface area contributed by atoms with Crippen LogP contribution in [0.5, 0.6) is 0 Å². The van der Waals surface area contributed by atoms with Crippen molar-refractivity contribution in [2.24, 2.45) is 4.99 Å². The van der Waals surface area contributed by atoms with Crippen LogP contribution >= 0.6 is 0 Å². The molecule has 4 N–H and O–H groups in total. The molecule has 0 spiro atoms. The van der Waals surface area contributed by atoms with Gasteiger partial charge in [-0.15, -0.1) is 0 Å². The Kier molecular flexibility index (Phi) is 5.81. The van der Waals surface area contributed by atoms with Crippen LogP contribution in [0.4, 0.5) is 0 Å². The first-order valence-electron chi connectivity index (χ1n) is 10.4. The largest absolute Gasteiger partial charge is 0.368 e. The van der Waals surface area contributed by atoms with Crippen LogP contribution in [-0.4, -0.2) is 36.4 Å². The third-order valence-corrected chi connectivity index (χ3v) is 5.66. The maximum absolute atomic E-state index is 4.50. The second kappa shape index (κ2) is 8.65. The van der Waals surface area contributed by atoms with Crippen LogP contribution in [0.3, 0.4) is 0 Å². The number of fused-ring (bicyclic) bond motifs is 1. The molecular weight excluding hydrogens is 346 g/mol. The van der Waals surface area contributed by atoms with E-state index < -0.39 is 0 Å². The molecule has 1 unspecified atom stereocenters. The summed E-state index contributed by atoms with van der Waals surface area (Å²) in [5.74, 6) is 0.898. The molecule has 148 valence electrons. The van der Waals surface area contributed by atoms with Crippen LogP contribution in [-0.2, 0) is 13.0 Å². The van der Waals surface area contributed by atoms with Gasteiger partial charge in [-0.1, -0.05) is 12.7 Å². The maximum Gasteiger partial charge on any atom is 0.0918 e. The van der Waals surface area contributed by atoms with E-state index >= 15 is 0 Å². The second-order valence-corrected chi connectivity index (χ2v) is 7.91. The molecule has 0 amide bonds. The number of nitrogens with zero attached hydrogens (tertiary/aromatic N) is 1. The standard InChI is InChI=1S/C23H31N5/c1-16-11-19-12-22(15-26-17(2)27-21-6-3-9-24-14-21)28-23(19)13-18(16)7-8-20-5-4-10-25-20/h4-5,11-13,21,24,26-28H,2-3,6-10,14-15H2,1H3. The highest BCUT2D eigenvalue weighted by atomic mass is 15.1. The zero-order chi connectivity index (χ0) is 19.3. The van der Waals surface area contributed by atoms with E-state index in [1.807, 2.05) is 0 Å². The van der Waals surface area contributed by atoms with Crippen LogP contribution in [0.25, 0.3) is 10.9 Å². The summed E-state index contributed by atoms with van der Waals surface area (Å²) < 4.78 is 0. The number of rotatable bonds is 8. The molecule has 4 rings (SSSR count). The Morgan fingerprint density at radius 2 is 2.21 bits per heavy atom. The molecule has 1 fully saturated rings. The number of hydrogen-bond acceptors (Lipinski definition) is 4. The van der Waals surface area contributed by atoms with Crippen LogP contribution < -0.4 is 16.0 Å². The van der Waals surface area contributed by atoms with E-state index in [0.717, 1.165) is 44.8 Å². The van der Waals surface area contributed by atoms with E-state index in [2.05, 4.69) is 69.8 Å². The van der Waals surface area contributed by atoms with Crippen molar-refractivity contribution in [1.29, 1.82) is 0 Å². The Hall–Kier alpha value is -2.53. The molecule has 1 saturated heterocycles. The topological polar surface area (TPSA) is 64.2 Å². The van der Waals surface area contributed by atoms with E-state index in [9.17, 15) is 0 Å². The van der Waals surface area contributed by atoms with Gasteiger partial charge < -0.3 is 20.9 Å². The van der Waals surface area contributed by atoms with E-state index in [0.29, 0.717) is 6.04 Å². The normalized spacial score (nSPS) is 19.0. The molecule has 2 aliphatic heterocycles. The van der Waals surface area contributed by atoms with Crippen molar-refractivity contribution in [2.45, 2.75) is 45.2 Å². The lowest BCUT2D eigenvalue weighted by molar-refractivity contribution is 0.405. The highest BCUT2D eigenvalue weighted by Gasteiger charge is 2.13. The number of allylic oxidation sites excluding steroid dienone is 1. The molecule has 1 atom stereocenters. The molecule has 1 aromatic carbocycles. The molecule has 0 radical (unpaired) electrons. The Bertz CT molecular complexity index is 899. The minimum atomic E-state index is 0.473. The lowest BCUT2D eigenvalue weighted by Crippen LogP contribution is -2.44. The van der Waals surface area contributed by atoms with Crippen molar-refractivity contribution in [3.8, 4) is 0 Å². The van der Waals surface area contributed by atoms with E-state index in [4.69, 9.17) is 0 Å². The summed E-state index contributed by atoms with van der Waals surface area (Å²) in [6.45, 7) is 10.1. The first-order valence-corrected chi connectivity index (χ1v) is 10.4. The summed E-state index contributed by atoms with van der Waals surface area (Å²) >= 11 is 0. The van der Waals surface area contributed by atoms with Crippen molar-refractivity contribution in [3.05, 3.63) is 59.6 Å². The molecule has 0 bridgehead atoms. The predicted octanol–water partition coefficient (Wildman–Crippen LogP) is 3.32. The van der Waals surface area contributed by atoms with Gasteiger partial charge in [0, 0.05) is 29.5 Å². The third kappa shape index (κ3) is 4.65. The average molecular weight is 378 g/mol. The molecule has 28 heavy (non-hydrogen) atoms. The van der Waals surface area contributed by atoms with Gasteiger partial charge in [-0.3, -0.25) is 4.99 Å². The van der Waals surface area contributed by atoms with Crippen LogP contribution in [0.1, 0.15) is 36.1 Å². The van der Waals surface area contributed by atoms with Crippen molar-refractivity contribution < 1.29 is 0 Å². The summed E-state index contributed by atoms with van der Waals surface area (Å²) in [5.41, 5.74) is 6.35. The summed E-state index contributed by atoms with van der Waals surface area (Å²) in [5, 5.41) is 11.6. The van der Waals surface area contributed by atoms with Crippen molar-refractivity contribution in [1.82, 2.24) is 20.9 Å². The number of aryl methyl sites for hydroxylation is 2. The minimum absolute atomic E-state index is 0.473. The monoisotopic (exact) mass is 377 g/mol. The minimum Gasteiger partial charge on any atom is -0.368 e. The summed E-state index contributed by atoms with van der Waals surface area (Å²) in [6.07, 6.45) is 8.75. The Morgan fingerprint density at radius 1 is 1.29 bits per heavy atom. The predicted molar refractivity (Wildman–Crippen MR) is 118 cm³/mol. The van der Waals surface area contributed by atoms with Gasteiger partial charge in [0.05, 0.1) is 18.9 Å². The summed E-state index contributed by atoms with van der Waals surface area (Å²) in [6, 6.07) is 7.30. The number of aliphatic imine (C=N–C) groups is 1. The highest BCUT2D eigenvalue weighted by Crippen LogP contribution is 2.22. The molecule has 2 aromatic rings. The van der Waals surface area contributed by atoms with Gasteiger partial charge in [0.1, 0.15) is 0 Å². The van der Waals surface area contributed by atoms with E-state index in [1.165, 1.54) is 46.3 Å². The van der Waals surface area contributed by atoms with Gasteiger partial charge in [-0.25, -0.2) is 0 Å². The second-order valence-electron chi connectivity index (χ2n) is 7.91. The van der Waals surface area contributed by atoms with Crippen LogP contribution in [0.2, 0.25) is 0 Å². The number of aromatic nitrogens is 1. The summed E-state index contributed by atoms with van der Waals surface area (Å²) in [4.78, 5) is 8.06. The van der Waals surface area contributed by atoms with Crippen molar-refractivity contribution in [3.63, 3.8) is 0 Å². The molecule has 3 heterocycles. The van der Waals surface area contributed by atoms with Gasteiger partial charge in [0.2, 0.25) is 0 Å². The fraction of sp³-hybridized carbons (Fsp3) is 0.435. The number of piperidine rings is 1. The van der Waals surface area contributed by atoms with Gasteiger partial charge in [0.15, 0.2) is 0 Å². The van der Waals surface area contributed by atoms with Gasteiger partial charge in [0.25, 0.3) is 0 Å². The van der Waals surface area contributed by atoms with E-state index in [-0.39, 0.29) is 0 Å². The fourth-order valence-electron chi connectivity index (χ4n) is 4.08.